The minimum absolute atomic E-state index is 0.144. The van der Waals surface area contributed by atoms with E-state index < -0.39 is 0 Å². The zero-order valence-electron chi connectivity index (χ0n) is 13.2. The molecule has 3 rings (SSSR count). The zero-order valence-corrected chi connectivity index (χ0v) is 14.0. The minimum atomic E-state index is -0.271. The van der Waals surface area contributed by atoms with E-state index >= 15 is 0 Å². The van der Waals surface area contributed by atoms with Gasteiger partial charge in [-0.1, -0.05) is 12.1 Å². The number of methoxy groups -OCH3 is 1. The predicted octanol–water partition coefficient (Wildman–Crippen LogP) is 1.54. The number of thiazole rings is 1. The van der Waals surface area contributed by atoms with E-state index in [0.29, 0.717) is 9.20 Å². The van der Waals surface area contributed by atoms with Gasteiger partial charge in [-0.2, -0.15) is 0 Å². The molecule has 0 aliphatic heterocycles. The van der Waals surface area contributed by atoms with E-state index in [2.05, 4.69) is 0 Å². The van der Waals surface area contributed by atoms with Crippen LogP contribution in [0.3, 0.4) is 0 Å². The van der Waals surface area contributed by atoms with Gasteiger partial charge in [0.05, 0.1) is 17.9 Å². The largest absolute Gasteiger partial charge is 0.497 e. The summed E-state index contributed by atoms with van der Waals surface area (Å²) >= 11 is 1.26. The lowest BCUT2D eigenvalue weighted by Gasteiger charge is -1.98. The number of carbonyl (C=O) groups excluding carboxylic acids is 1. The summed E-state index contributed by atoms with van der Waals surface area (Å²) in [5.74, 6) is 0.730. The van der Waals surface area contributed by atoms with Gasteiger partial charge < -0.3 is 13.7 Å². The zero-order chi connectivity index (χ0) is 17.1. The van der Waals surface area contributed by atoms with Gasteiger partial charge in [0, 0.05) is 13.1 Å². The van der Waals surface area contributed by atoms with Crippen molar-refractivity contribution in [1.82, 2.24) is 4.57 Å². The van der Waals surface area contributed by atoms with E-state index in [4.69, 9.17) is 9.15 Å². The lowest BCUT2D eigenvalue weighted by molar-refractivity contribution is 0.103. The Balaban J connectivity index is 2.03. The summed E-state index contributed by atoms with van der Waals surface area (Å²) in [6, 6.07) is 10.6. The van der Waals surface area contributed by atoms with Crippen LogP contribution in [0.15, 0.2) is 51.9 Å². The van der Waals surface area contributed by atoms with Crippen LogP contribution in [0, 0.1) is 0 Å². The molecule has 0 aliphatic carbocycles. The van der Waals surface area contributed by atoms with Crippen molar-refractivity contribution in [1.29, 1.82) is 0 Å². The number of hydrogen-bond acceptors (Lipinski definition) is 5. The first-order valence-electron chi connectivity index (χ1n) is 7.19. The molecule has 1 aromatic carbocycles. The number of furan rings is 1. The second-order valence-corrected chi connectivity index (χ2v) is 6.13. The highest BCUT2D eigenvalue weighted by Gasteiger charge is 2.07. The minimum Gasteiger partial charge on any atom is -0.497 e. The van der Waals surface area contributed by atoms with Crippen molar-refractivity contribution in [3.8, 4) is 5.75 Å². The second kappa shape index (κ2) is 6.72. The molecule has 0 unspecified atom stereocenters. The molecule has 0 atom stereocenters. The fraction of sp³-hybridized carbons (Fsp3) is 0.111. The van der Waals surface area contributed by atoms with Crippen LogP contribution in [0.4, 0.5) is 0 Å². The highest BCUT2D eigenvalue weighted by molar-refractivity contribution is 7.07. The SMILES string of the molecule is COc1ccc(/C=c2\s/c(=C\C(=O)c3ccco3)n(C)c2=O)cc1. The fourth-order valence-electron chi connectivity index (χ4n) is 2.16. The molecule has 0 N–H and O–H groups in total. The predicted molar refractivity (Wildman–Crippen MR) is 92.9 cm³/mol. The first kappa shape index (κ1) is 16.0. The van der Waals surface area contributed by atoms with Crippen LogP contribution in [0.5, 0.6) is 5.75 Å². The van der Waals surface area contributed by atoms with E-state index in [1.807, 2.05) is 24.3 Å². The number of Topliss-reactive ketones (excluding diaryl/α,β-unsaturated/α-hetero) is 1. The smallest absolute Gasteiger partial charge is 0.268 e. The summed E-state index contributed by atoms with van der Waals surface area (Å²) in [5, 5.41) is 0. The van der Waals surface area contributed by atoms with Gasteiger partial charge in [0.1, 0.15) is 10.4 Å². The molecule has 5 nitrogen and oxygen atoms in total. The van der Waals surface area contributed by atoms with Crippen LogP contribution in [-0.2, 0) is 7.05 Å². The summed E-state index contributed by atoms with van der Waals surface area (Å²) in [6.07, 6.45) is 4.65. The molecule has 0 saturated heterocycles. The Morgan fingerprint density at radius 2 is 2.00 bits per heavy atom. The average Bonchev–Trinajstić information content (AvgIpc) is 3.21. The Hall–Kier alpha value is -2.86. The summed E-state index contributed by atoms with van der Waals surface area (Å²) in [4.78, 5) is 24.4. The van der Waals surface area contributed by atoms with E-state index in [9.17, 15) is 9.59 Å². The van der Waals surface area contributed by atoms with Crippen LogP contribution in [0.2, 0.25) is 0 Å². The summed E-state index contributed by atoms with van der Waals surface area (Å²) in [5.41, 5.74) is 0.743. The molecule has 2 aromatic heterocycles. The Morgan fingerprint density at radius 3 is 2.62 bits per heavy atom. The fourth-order valence-corrected chi connectivity index (χ4v) is 3.19. The molecule has 2 heterocycles. The van der Waals surface area contributed by atoms with E-state index in [-0.39, 0.29) is 17.1 Å². The molecule has 0 aliphatic rings. The van der Waals surface area contributed by atoms with Crippen LogP contribution in [0.25, 0.3) is 12.2 Å². The third-order valence-corrected chi connectivity index (χ3v) is 4.61. The van der Waals surface area contributed by atoms with Gasteiger partial charge >= 0.3 is 0 Å². The second-order valence-electron chi connectivity index (χ2n) is 5.07. The van der Waals surface area contributed by atoms with Crippen LogP contribution < -0.4 is 19.5 Å². The van der Waals surface area contributed by atoms with Crippen LogP contribution >= 0.6 is 11.3 Å². The number of benzene rings is 1. The van der Waals surface area contributed by atoms with Crippen molar-refractivity contribution in [3.63, 3.8) is 0 Å². The number of rotatable bonds is 4. The molecule has 24 heavy (non-hydrogen) atoms. The van der Waals surface area contributed by atoms with Gasteiger partial charge in [0.25, 0.3) is 5.56 Å². The number of ether oxygens (including phenoxy) is 1. The summed E-state index contributed by atoms with van der Waals surface area (Å²) in [7, 11) is 3.25. The number of aromatic nitrogens is 1. The Bertz CT molecular complexity index is 1020. The molecule has 0 spiro atoms. The Morgan fingerprint density at radius 1 is 1.25 bits per heavy atom. The van der Waals surface area contributed by atoms with Gasteiger partial charge in [0.15, 0.2) is 5.76 Å². The van der Waals surface area contributed by atoms with Crippen molar-refractivity contribution in [3.05, 3.63) is 73.5 Å². The topological polar surface area (TPSA) is 61.4 Å². The number of carbonyl (C=O) groups is 1. The maximum absolute atomic E-state index is 12.3. The first-order valence-corrected chi connectivity index (χ1v) is 8.01. The third-order valence-electron chi connectivity index (χ3n) is 3.49. The molecular formula is C18H15NO4S. The molecule has 122 valence electrons. The monoisotopic (exact) mass is 341 g/mol. The first-order chi connectivity index (χ1) is 11.6. The van der Waals surface area contributed by atoms with Gasteiger partial charge in [0.2, 0.25) is 5.78 Å². The standard InChI is InChI=1S/C18H15NO4S/c1-19-17(11-14(20)15-4-3-9-23-15)24-16(18(19)21)10-12-5-7-13(22-2)8-6-12/h3-11H,1-2H3/b16-10-,17-11-. The molecular weight excluding hydrogens is 326 g/mol. The molecule has 0 saturated carbocycles. The van der Waals surface area contributed by atoms with Crippen molar-refractivity contribution in [2.45, 2.75) is 0 Å². The van der Waals surface area contributed by atoms with Gasteiger partial charge in [-0.3, -0.25) is 9.59 Å². The van der Waals surface area contributed by atoms with Gasteiger partial charge in [-0.15, -0.1) is 11.3 Å². The highest BCUT2D eigenvalue weighted by atomic mass is 32.1. The molecule has 6 heteroatoms. The quantitative estimate of drug-likeness (QED) is 0.676. The molecule has 0 fully saturated rings. The van der Waals surface area contributed by atoms with Crippen molar-refractivity contribution in [2.24, 2.45) is 7.05 Å². The number of hydrogen-bond donors (Lipinski definition) is 0. The van der Waals surface area contributed by atoms with Gasteiger partial charge in [-0.05, 0) is 35.9 Å². The lowest BCUT2D eigenvalue weighted by atomic mass is 10.2. The van der Waals surface area contributed by atoms with Crippen molar-refractivity contribution < 1.29 is 13.9 Å². The molecule has 0 amide bonds. The molecule has 0 radical (unpaired) electrons. The normalized spacial score (nSPS) is 12.6. The highest BCUT2D eigenvalue weighted by Crippen LogP contribution is 2.11. The van der Waals surface area contributed by atoms with Crippen LogP contribution in [0.1, 0.15) is 16.1 Å². The average molecular weight is 341 g/mol. The van der Waals surface area contributed by atoms with E-state index in [1.54, 1.807) is 32.4 Å². The van der Waals surface area contributed by atoms with Crippen LogP contribution in [-0.4, -0.2) is 17.5 Å². The maximum atomic E-state index is 12.3. The lowest BCUT2D eigenvalue weighted by Crippen LogP contribution is -2.29. The third kappa shape index (κ3) is 3.23. The Kier molecular flexibility index (Phi) is 4.48. The van der Waals surface area contributed by atoms with E-state index in [1.165, 1.54) is 28.2 Å². The summed E-state index contributed by atoms with van der Waals surface area (Å²) in [6.45, 7) is 0. The van der Waals surface area contributed by atoms with Crippen molar-refractivity contribution in [2.75, 3.05) is 7.11 Å². The summed E-state index contributed by atoms with van der Waals surface area (Å²) < 4.78 is 12.8. The van der Waals surface area contributed by atoms with Crippen molar-refractivity contribution >= 4 is 29.3 Å². The Labute approximate surface area is 141 Å². The maximum Gasteiger partial charge on any atom is 0.268 e. The molecule has 0 bridgehead atoms. The number of nitrogens with zero attached hydrogens (tertiary/aromatic N) is 1. The van der Waals surface area contributed by atoms with Gasteiger partial charge in [-0.25, -0.2) is 0 Å². The molecule has 3 aromatic rings. The number of ketones is 1. The van der Waals surface area contributed by atoms with E-state index in [0.717, 1.165) is 11.3 Å².